The molecular formula is C13H17BrN2O. The summed E-state index contributed by atoms with van der Waals surface area (Å²) in [6.07, 6.45) is 5.97. The average Bonchev–Trinajstić information content (AvgIpc) is 2.71. The fraction of sp³-hybridized carbons (Fsp3) is 0.538. The van der Waals surface area contributed by atoms with E-state index in [2.05, 4.69) is 26.2 Å². The minimum atomic E-state index is -0.207. The first kappa shape index (κ1) is 12.6. The Morgan fingerprint density at radius 3 is 2.71 bits per heavy atom. The van der Waals surface area contributed by atoms with Gasteiger partial charge in [0.1, 0.15) is 5.82 Å². The SMILES string of the molecule is Cc1cc(Br)cnc1NC(=O)C1(C)CCCC1. The van der Waals surface area contributed by atoms with Crippen molar-refractivity contribution in [1.29, 1.82) is 0 Å². The largest absolute Gasteiger partial charge is 0.310 e. The molecule has 1 fully saturated rings. The zero-order valence-corrected chi connectivity index (χ0v) is 11.8. The number of aromatic nitrogens is 1. The number of amides is 1. The third-order valence-corrected chi connectivity index (χ3v) is 3.97. The highest BCUT2D eigenvalue weighted by Gasteiger charge is 2.36. The zero-order chi connectivity index (χ0) is 12.5. The number of hydrogen-bond donors (Lipinski definition) is 1. The molecule has 1 aliphatic rings. The Morgan fingerprint density at radius 2 is 2.12 bits per heavy atom. The number of nitrogens with one attached hydrogen (secondary N) is 1. The molecule has 92 valence electrons. The molecule has 0 bridgehead atoms. The van der Waals surface area contributed by atoms with Crippen molar-refractivity contribution in [1.82, 2.24) is 4.98 Å². The van der Waals surface area contributed by atoms with Gasteiger partial charge in [-0.05, 0) is 47.3 Å². The fourth-order valence-electron chi connectivity index (χ4n) is 2.31. The number of halogens is 1. The van der Waals surface area contributed by atoms with Gasteiger partial charge in [-0.25, -0.2) is 4.98 Å². The van der Waals surface area contributed by atoms with E-state index < -0.39 is 0 Å². The second kappa shape index (κ2) is 4.77. The molecule has 1 N–H and O–H groups in total. The van der Waals surface area contributed by atoms with Crippen LogP contribution in [0.25, 0.3) is 0 Å². The molecule has 0 saturated heterocycles. The highest BCUT2D eigenvalue weighted by molar-refractivity contribution is 9.10. The Bertz CT molecular complexity index is 439. The Kier molecular flexibility index (Phi) is 3.52. The van der Waals surface area contributed by atoms with E-state index in [4.69, 9.17) is 0 Å². The first-order valence-electron chi connectivity index (χ1n) is 5.95. The van der Waals surface area contributed by atoms with Crippen molar-refractivity contribution in [3.63, 3.8) is 0 Å². The van der Waals surface area contributed by atoms with Crippen LogP contribution in [-0.4, -0.2) is 10.9 Å². The highest BCUT2D eigenvalue weighted by atomic mass is 79.9. The summed E-state index contributed by atoms with van der Waals surface area (Å²) in [7, 11) is 0. The molecule has 0 unspecified atom stereocenters. The summed E-state index contributed by atoms with van der Waals surface area (Å²) in [5.74, 6) is 0.777. The van der Waals surface area contributed by atoms with Gasteiger partial charge in [0, 0.05) is 16.1 Å². The van der Waals surface area contributed by atoms with E-state index in [1.807, 2.05) is 19.9 Å². The Labute approximate surface area is 110 Å². The maximum absolute atomic E-state index is 12.2. The molecule has 2 rings (SSSR count). The number of hydrogen-bond acceptors (Lipinski definition) is 2. The van der Waals surface area contributed by atoms with Crippen LogP contribution >= 0.6 is 15.9 Å². The van der Waals surface area contributed by atoms with Gasteiger partial charge in [0.05, 0.1) is 0 Å². The van der Waals surface area contributed by atoms with Crippen molar-refractivity contribution < 1.29 is 4.79 Å². The quantitative estimate of drug-likeness (QED) is 0.905. The van der Waals surface area contributed by atoms with Crippen molar-refractivity contribution in [2.24, 2.45) is 5.41 Å². The zero-order valence-electron chi connectivity index (χ0n) is 10.2. The summed E-state index contributed by atoms with van der Waals surface area (Å²) in [4.78, 5) is 16.5. The average molecular weight is 297 g/mol. The lowest BCUT2D eigenvalue weighted by Gasteiger charge is -2.22. The van der Waals surface area contributed by atoms with Crippen molar-refractivity contribution >= 4 is 27.7 Å². The summed E-state index contributed by atoms with van der Waals surface area (Å²) >= 11 is 3.36. The fourth-order valence-corrected chi connectivity index (χ4v) is 2.76. The standard InChI is InChI=1S/C13H17BrN2O/c1-9-7-10(14)8-15-11(9)16-12(17)13(2)5-3-4-6-13/h7-8H,3-6H2,1-2H3,(H,15,16,17). The molecule has 3 nitrogen and oxygen atoms in total. The molecule has 1 aliphatic carbocycles. The first-order valence-corrected chi connectivity index (χ1v) is 6.74. The molecule has 0 aliphatic heterocycles. The maximum Gasteiger partial charge on any atom is 0.231 e. The lowest BCUT2D eigenvalue weighted by molar-refractivity contribution is -0.124. The Morgan fingerprint density at radius 1 is 1.47 bits per heavy atom. The van der Waals surface area contributed by atoms with Crippen LogP contribution < -0.4 is 5.32 Å². The topological polar surface area (TPSA) is 42.0 Å². The lowest BCUT2D eigenvalue weighted by Crippen LogP contribution is -2.31. The van der Waals surface area contributed by atoms with Gasteiger partial charge in [-0.1, -0.05) is 19.8 Å². The summed E-state index contributed by atoms with van der Waals surface area (Å²) in [6.45, 7) is 3.99. The molecule has 0 aromatic carbocycles. The first-order chi connectivity index (χ1) is 8.01. The number of anilines is 1. The van der Waals surface area contributed by atoms with Crippen LogP contribution in [0, 0.1) is 12.3 Å². The second-order valence-electron chi connectivity index (χ2n) is 5.04. The highest BCUT2D eigenvalue weighted by Crippen LogP contribution is 2.38. The number of carbonyl (C=O) groups is 1. The van der Waals surface area contributed by atoms with Gasteiger partial charge >= 0.3 is 0 Å². The number of rotatable bonds is 2. The van der Waals surface area contributed by atoms with Crippen LogP contribution in [0.4, 0.5) is 5.82 Å². The molecule has 0 radical (unpaired) electrons. The third-order valence-electron chi connectivity index (χ3n) is 3.53. The normalized spacial score (nSPS) is 18.1. The molecule has 4 heteroatoms. The van der Waals surface area contributed by atoms with Crippen LogP contribution in [0.3, 0.4) is 0 Å². The molecule has 1 aromatic rings. The molecule has 17 heavy (non-hydrogen) atoms. The van der Waals surface area contributed by atoms with Crippen LogP contribution in [0.2, 0.25) is 0 Å². The van der Waals surface area contributed by atoms with Crippen molar-refractivity contribution in [2.75, 3.05) is 5.32 Å². The maximum atomic E-state index is 12.2. The van der Waals surface area contributed by atoms with Gasteiger partial charge in [0.15, 0.2) is 0 Å². The summed E-state index contributed by atoms with van der Waals surface area (Å²) in [6, 6.07) is 1.96. The van der Waals surface area contributed by atoms with Crippen LogP contribution in [-0.2, 0) is 4.79 Å². The van der Waals surface area contributed by atoms with Gasteiger partial charge in [0.25, 0.3) is 0 Å². The molecule has 0 atom stereocenters. The number of aryl methyl sites for hydroxylation is 1. The van der Waals surface area contributed by atoms with Crippen LogP contribution in [0.5, 0.6) is 0 Å². The summed E-state index contributed by atoms with van der Waals surface area (Å²) in [5, 5.41) is 2.95. The molecule has 1 saturated carbocycles. The van der Waals surface area contributed by atoms with Crippen molar-refractivity contribution in [3.8, 4) is 0 Å². The number of pyridine rings is 1. The minimum absolute atomic E-state index is 0.105. The van der Waals surface area contributed by atoms with Gasteiger partial charge in [-0.2, -0.15) is 0 Å². The van der Waals surface area contributed by atoms with Gasteiger partial charge in [-0.15, -0.1) is 0 Å². The van der Waals surface area contributed by atoms with Crippen LogP contribution in [0.1, 0.15) is 38.2 Å². The molecule has 1 heterocycles. The molecule has 1 amide bonds. The second-order valence-corrected chi connectivity index (χ2v) is 5.96. The van der Waals surface area contributed by atoms with E-state index in [-0.39, 0.29) is 11.3 Å². The van der Waals surface area contributed by atoms with Gasteiger partial charge < -0.3 is 5.32 Å². The number of carbonyl (C=O) groups excluding carboxylic acids is 1. The van der Waals surface area contributed by atoms with Crippen LogP contribution in [0.15, 0.2) is 16.7 Å². The summed E-state index contributed by atoms with van der Waals surface area (Å²) in [5.41, 5.74) is 0.774. The monoisotopic (exact) mass is 296 g/mol. The predicted octanol–water partition coefficient (Wildman–Crippen LogP) is 3.67. The van der Waals surface area contributed by atoms with Gasteiger partial charge in [-0.3, -0.25) is 4.79 Å². The summed E-state index contributed by atoms with van der Waals surface area (Å²) < 4.78 is 0.931. The number of nitrogens with zero attached hydrogens (tertiary/aromatic N) is 1. The lowest BCUT2D eigenvalue weighted by atomic mass is 9.88. The minimum Gasteiger partial charge on any atom is -0.310 e. The molecule has 1 aromatic heterocycles. The molecular weight excluding hydrogens is 280 g/mol. The van der Waals surface area contributed by atoms with E-state index in [9.17, 15) is 4.79 Å². The van der Waals surface area contributed by atoms with E-state index in [1.165, 1.54) is 0 Å². The van der Waals surface area contributed by atoms with Crippen molar-refractivity contribution in [2.45, 2.75) is 39.5 Å². The third kappa shape index (κ3) is 2.68. The predicted molar refractivity (Wildman–Crippen MR) is 71.9 cm³/mol. The Balaban J connectivity index is 2.13. The van der Waals surface area contributed by atoms with Crippen molar-refractivity contribution in [3.05, 3.63) is 22.3 Å². The van der Waals surface area contributed by atoms with E-state index >= 15 is 0 Å². The smallest absolute Gasteiger partial charge is 0.231 e. The van der Waals surface area contributed by atoms with E-state index in [0.29, 0.717) is 5.82 Å². The Hall–Kier alpha value is -0.900. The van der Waals surface area contributed by atoms with Gasteiger partial charge in [0.2, 0.25) is 5.91 Å². The van der Waals surface area contributed by atoms with E-state index in [0.717, 1.165) is 35.7 Å². The molecule has 0 spiro atoms. The van der Waals surface area contributed by atoms with E-state index in [1.54, 1.807) is 6.20 Å².